The van der Waals surface area contributed by atoms with Gasteiger partial charge in [0.2, 0.25) is 6.79 Å². The number of hydrogen-bond acceptors (Lipinski definition) is 5. The molecular weight excluding hydrogens is 246 g/mol. The molecular formula is C14H21NO4. The lowest BCUT2D eigenvalue weighted by atomic mass is 10.1. The quantitative estimate of drug-likeness (QED) is 0.698. The molecule has 1 unspecified atom stereocenters. The van der Waals surface area contributed by atoms with Crippen LogP contribution in [0.25, 0.3) is 0 Å². The van der Waals surface area contributed by atoms with Crippen molar-refractivity contribution in [1.29, 1.82) is 0 Å². The van der Waals surface area contributed by atoms with Gasteiger partial charge in [-0.1, -0.05) is 6.07 Å². The summed E-state index contributed by atoms with van der Waals surface area (Å²) in [5, 5.41) is 12.0. The highest BCUT2D eigenvalue weighted by Crippen LogP contribution is 2.34. The molecule has 5 heteroatoms. The van der Waals surface area contributed by atoms with Crippen molar-refractivity contribution in [2.24, 2.45) is 0 Å². The number of fused-ring (bicyclic) bond motifs is 1. The summed E-state index contributed by atoms with van der Waals surface area (Å²) in [6.45, 7) is 4.47. The van der Waals surface area contributed by atoms with Gasteiger partial charge in [-0.05, 0) is 37.6 Å². The lowest BCUT2D eigenvalue weighted by molar-refractivity contribution is 0.0904. The summed E-state index contributed by atoms with van der Waals surface area (Å²) in [6, 6.07) is 6.27. The van der Waals surface area contributed by atoms with Gasteiger partial charge in [0, 0.05) is 12.6 Å². The van der Waals surface area contributed by atoms with Gasteiger partial charge in [-0.3, -0.25) is 0 Å². The van der Waals surface area contributed by atoms with E-state index in [4.69, 9.17) is 19.3 Å². The minimum Gasteiger partial charge on any atom is -0.454 e. The van der Waals surface area contributed by atoms with Gasteiger partial charge in [-0.2, -0.15) is 0 Å². The third-order valence-corrected chi connectivity index (χ3v) is 3.05. The van der Waals surface area contributed by atoms with Crippen LogP contribution in [0.1, 0.15) is 24.9 Å². The third kappa shape index (κ3) is 4.09. The maximum Gasteiger partial charge on any atom is 0.231 e. The zero-order chi connectivity index (χ0) is 13.5. The molecule has 0 spiro atoms. The summed E-state index contributed by atoms with van der Waals surface area (Å²) < 4.78 is 15.9. The number of ether oxygens (including phenoxy) is 3. The van der Waals surface area contributed by atoms with Crippen LogP contribution < -0.4 is 14.8 Å². The number of aliphatic hydroxyl groups excluding tert-OH is 1. The van der Waals surface area contributed by atoms with E-state index in [1.807, 2.05) is 18.2 Å². The van der Waals surface area contributed by atoms with Crippen LogP contribution in [0.5, 0.6) is 11.5 Å². The topological polar surface area (TPSA) is 60.0 Å². The SMILES string of the molecule is CC(NCCCOCCO)c1ccc2c(c1)OCO2. The van der Waals surface area contributed by atoms with E-state index in [2.05, 4.69) is 12.2 Å². The minimum atomic E-state index is 0.0844. The largest absolute Gasteiger partial charge is 0.454 e. The van der Waals surface area contributed by atoms with Crippen LogP contribution in [0.2, 0.25) is 0 Å². The highest BCUT2D eigenvalue weighted by Gasteiger charge is 2.15. The Morgan fingerprint density at radius 3 is 3.00 bits per heavy atom. The Bertz CT molecular complexity index is 397. The first-order valence-electron chi connectivity index (χ1n) is 6.63. The summed E-state index contributed by atoms with van der Waals surface area (Å²) in [7, 11) is 0. The molecule has 0 saturated heterocycles. The zero-order valence-electron chi connectivity index (χ0n) is 11.2. The fourth-order valence-electron chi connectivity index (χ4n) is 1.96. The van der Waals surface area contributed by atoms with Crippen molar-refractivity contribution in [3.05, 3.63) is 23.8 Å². The highest BCUT2D eigenvalue weighted by atomic mass is 16.7. The average Bonchev–Trinajstić information content (AvgIpc) is 2.89. The number of benzene rings is 1. The molecule has 1 heterocycles. The van der Waals surface area contributed by atoms with Crippen LogP contribution in [0.3, 0.4) is 0 Å². The summed E-state index contributed by atoms with van der Waals surface area (Å²) >= 11 is 0. The molecule has 1 aromatic rings. The molecule has 2 rings (SSSR count). The van der Waals surface area contributed by atoms with E-state index in [1.165, 1.54) is 5.56 Å². The van der Waals surface area contributed by atoms with Crippen molar-refractivity contribution < 1.29 is 19.3 Å². The van der Waals surface area contributed by atoms with Gasteiger partial charge in [0.1, 0.15) is 0 Å². The van der Waals surface area contributed by atoms with E-state index in [1.54, 1.807) is 0 Å². The van der Waals surface area contributed by atoms with E-state index in [9.17, 15) is 0 Å². The second-order valence-electron chi connectivity index (χ2n) is 4.48. The van der Waals surface area contributed by atoms with Crippen molar-refractivity contribution in [3.63, 3.8) is 0 Å². The first-order chi connectivity index (χ1) is 9.31. The maximum absolute atomic E-state index is 8.57. The molecule has 19 heavy (non-hydrogen) atoms. The van der Waals surface area contributed by atoms with Gasteiger partial charge in [0.15, 0.2) is 11.5 Å². The monoisotopic (exact) mass is 267 g/mol. The third-order valence-electron chi connectivity index (χ3n) is 3.05. The van der Waals surface area contributed by atoms with Crippen LogP contribution >= 0.6 is 0 Å². The molecule has 0 radical (unpaired) electrons. The van der Waals surface area contributed by atoms with E-state index < -0.39 is 0 Å². The predicted octanol–water partition coefficient (Wildman–Crippen LogP) is 1.46. The van der Waals surface area contributed by atoms with E-state index >= 15 is 0 Å². The van der Waals surface area contributed by atoms with Crippen LogP contribution in [0.4, 0.5) is 0 Å². The number of rotatable bonds is 8. The molecule has 0 bridgehead atoms. The van der Waals surface area contributed by atoms with Gasteiger partial charge < -0.3 is 24.6 Å². The molecule has 0 aromatic heterocycles. The normalized spacial score (nSPS) is 14.6. The van der Waals surface area contributed by atoms with Crippen LogP contribution in [0, 0.1) is 0 Å². The molecule has 1 aromatic carbocycles. The predicted molar refractivity (Wildman–Crippen MR) is 71.5 cm³/mol. The Hall–Kier alpha value is -1.30. The summed E-state index contributed by atoms with van der Waals surface area (Å²) in [5.74, 6) is 1.63. The highest BCUT2D eigenvalue weighted by molar-refractivity contribution is 5.45. The average molecular weight is 267 g/mol. The van der Waals surface area contributed by atoms with Gasteiger partial charge in [-0.25, -0.2) is 0 Å². The molecule has 106 valence electrons. The second-order valence-corrected chi connectivity index (χ2v) is 4.48. The maximum atomic E-state index is 8.57. The number of hydrogen-bond donors (Lipinski definition) is 2. The van der Waals surface area contributed by atoms with Gasteiger partial charge in [0.25, 0.3) is 0 Å². The molecule has 0 aliphatic carbocycles. The number of aliphatic hydroxyl groups is 1. The van der Waals surface area contributed by atoms with Crippen molar-refractivity contribution in [2.75, 3.05) is 33.2 Å². The standard InChI is InChI=1S/C14H21NO4/c1-11(15-5-2-7-17-8-6-16)12-3-4-13-14(9-12)19-10-18-13/h3-4,9,11,15-16H,2,5-8,10H2,1H3. The first kappa shape index (κ1) is 14.1. The molecule has 1 aliphatic rings. The van der Waals surface area contributed by atoms with Crippen molar-refractivity contribution >= 4 is 0 Å². The molecule has 2 N–H and O–H groups in total. The summed E-state index contributed by atoms with van der Waals surface area (Å²) in [6.07, 6.45) is 0.925. The summed E-state index contributed by atoms with van der Waals surface area (Å²) in [5.41, 5.74) is 1.18. The molecule has 1 aliphatic heterocycles. The van der Waals surface area contributed by atoms with Gasteiger partial charge >= 0.3 is 0 Å². The molecule has 5 nitrogen and oxygen atoms in total. The summed E-state index contributed by atoms with van der Waals surface area (Å²) in [4.78, 5) is 0. The van der Waals surface area contributed by atoms with Gasteiger partial charge in [0.05, 0.1) is 13.2 Å². The van der Waals surface area contributed by atoms with Crippen molar-refractivity contribution in [2.45, 2.75) is 19.4 Å². The Kier molecular flexibility index (Phi) is 5.44. The second kappa shape index (κ2) is 7.33. The molecule has 0 saturated carbocycles. The van der Waals surface area contributed by atoms with Crippen LogP contribution in [-0.4, -0.2) is 38.3 Å². The van der Waals surface area contributed by atoms with Crippen molar-refractivity contribution in [3.8, 4) is 11.5 Å². The first-order valence-corrected chi connectivity index (χ1v) is 6.63. The van der Waals surface area contributed by atoms with Crippen molar-refractivity contribution in [1.82, 2.24) is 5.32 Å². The van der Waals surface area contributed by atoms with Gasteiger partial charge in [-0.15, -0.1) is 0 Å². The number of nitrogens with one attached hydrogen (secondary N) is 1. The molecule has 0 amide bonds. The Labute approximate surface area is 113 Å². The Morgan fingerprint density at radius 2 is 2.16 bits per heavy atom. The molecule has 0 fully saturated rings. The molecule has 1 atom stereocenters. The Morgan fingerprint density at radius 1 is 1.32 bits per heavy atom. The minimum absolute atomic E-state index is 0.0844. The smallest absolute Gasteiger partial charge is 0.231 e. The van der Waals surface area contributed by atoms with E-state index in [0.29, 0.717) is 20.0 Å². The fraction of sp³-hybridized carbons (Fsp3) is 0.571. The van der Waals surface area contributed by atoms with Crippen LogP contribution in [0.15, 0.2) is 18.2 Å². The fourth-order valence-corrected chi connectivity index (χ4v) is 1.96. The van der Waals surface area contributed by atoms with E-state index in [0.717, 1.165) is 24.5 Å². The van der Waals surface area contributed by atoms with Crippen LogP contribution in [-0.2, 0) is 4.74 Å². The lowest BCUT2D eigenvalue weighted by Gasteiger charge is -2.14. The lowest BCUT2D eigenvalue weighted by Crippen LogP contribution is -2.21. The Balaban J connectivity index is 1.72. The zero-order valence-corrected chi connectivity index (χ0v) is 11.2. The van der Waals surface area contributed by atoms with E-state index in [-0.39, 0.29) is 12.6 Å².